The third-order valence-corrected chi connectivity index (χ3v) is 0.894. The molecular formula is C4H12NO4+. The molecule has 0 aromatic carbocycles. The molecule has 9 heavy (non-hydrogen) atoms. The Kier molecular flexibility index (Phi) is 3.67. The fourth-order valence-corrected chi connectivity index (χ4v) is 0.447. The SMILES string of the molecule is CO[N+](OC)(OC)OC. The Hall–Kier alpha value is -0.200. The van der Waals surface area contributed by atoms with E-state index in [4.69, 9.17) is 0 Å². The summed E-state index contributed by atoms with van der Waals surface area (Å²) in [4.78, 5) is 18.6. The van der Waals surface area contributed by atoms with E-state index < -0.39 is 5.14 Å². The van der Waals surface area contributed by atoms with Gasteiger partial charge in [-0.25, -0.2) is 0 Å². The molecule has 0 heterocycles. The van der Waals surface area contributed by atoms with Gasteiger partial charge >= 0.3 is 0 Å². The van der Waals surface area contributed by atoms with Crippen molar-refractivity contribution in [2.24, 2.45) is 0 Å². The Balaban J connectivity index is 3.82. The largest absolute Gasteiger partial charge is 0.246 e. The second-order valence-corrected chi connectivity index (χ2v) is 1.18. The van der Waals surface area contributed by atoms with Crippen molar-refractivity contribution in [3.63, 3.8) is 0 Å². The molecule has 0 aromatic rings. The third kappa shape index (κ3) is 1.88. The number of hydrogen-bond acceptors (Lipinski definition) is 4. The molecule has 0 unspecified atom stereocenters. The Bertz CT molecular complexity index is 55.5. The first-order valence-corrected chi connectivity index (χ1v) is 2.36. The Morgan fingerprint density at radius 1 is 0.667 bits per heavy atom. The normalized spacial score (nSPS) is 12.0. The lowest BCUT2D eigenvalue weighted by molar-refractivity contribution is -1.47. The van der Waals surface area contributed by atoms with Crippen molar-refractivity contribution in [1.82, 2.24) is 0 Å². The smallest absolute Gasteiger partial charge is 0.0998 e. The summed E-state index contributed by atoms with van der Waals surface area (Å²) in [5.41, 5.74) is 0. The topological polar surface area (TPSA) is 36.9 Å². The molecule has 56 valence electrons. The second-order valence-electron chi connectivity index (χ2n) is 1.18. The molecule has 0 N–H and O–H groups in total. The van der Waals surface area contributed by atoms with Crippen LogP contribution in [0.25, 0.3) is 0 Å². The van der Waals surface area contributed by atoms with Gasteiger partial charge in [0, 0.05) is 0 Å². The average Bonchev–Trinajstić information content (AvgIpc) is 1.95. The highest BCUT2D eigenvalue weighted by Crippen LogP contribution is 2.05. The van der Waals surface area contributed by atoms with Gasteiger partial charge in [0.15, 0.2) is 0 Å². The highest BCUT2D eigenvalue weighted by Gasteiger charge is 2.31. The Labute approximate surface area is 54.1 Å². The first kappa shape index (κ1) is 8.80. The fourth-order valence-electron chi connectivity index (χ4n) is 0.447. The van der Waals surface area contributed by atoms with Crippen molar-refractivity contribution < 1.29 is 24.5 Å². The molecule has 0 spiro atoms. The Morgan fingerprint density at radius 2 is 0.889 bits per heavy atom. The van der Waals surface area contributed by atoms with Gasteiger partial charge in [-0.05, 0) is 0 Å². The predicted octanol–water partition coefficient (Wildman–Crippen LogP) is 0.0488. The summed E-state index contributed by atoms with van der Waals surface area (Å²) in [6.45, 7) is 0. The van der Waals surface area contributed by atoms with E-state index in [1.807, 2.05) is 0 Å². The maximum absolute atomic E-state index is 4.66. The zero-order valence-corrected chi connectivity index (χ0v) is 6.08. The van der Waals surface area contributed by atoms with Crippen molar-refractivity contribution in [3.05, 3.63) is 0 Å². The summed E-state index contributed by atoms with van der Waals surface area (Å²) in [5, 5.41) is -0.722. The average molecular weight is 138 g/mol. The van der Waals surface area contributed by atoms with Gasteiger partial charge in [0.1, 0.15) is 28.4 Å². The fraction of sp³-hybridized carbons (Fsp3) is 1.00. The third-order valence-electron chi connectivity index (χ3n) is 0.894. The first-order valence-electron chi connectivity index (χ1n) is 2.36. The van der Waals surface area contributed by atoms with Crippen LogP contribution in [-0.2, 0) is 19.4 Å². The van der Waals surface area contributed by atoms with E-state index in [1.165, 1.54) is 28.4 Å². The number of quaternary nitrogens is 1. The van der Waals surface area contributed by atoms with E-state index in [2.05, 4.69) is 19.4 Å². The molecular weight excluding hydrogens is 126 g/mol. The molecule has 5 nitrogen and oxygen atoms in total. The van der Waals surface area contributed by atoms with Crippen LogP contribution in [0.1, 0.15) is 0 Å². The minimum absolute atomic E-state index is 0.722. The van der Waals surface area contributed by atoms with Gasteiger partial charge in [-0.1, -0.05) is 19.4 Å². The van der Waals surface area contributed by atoms with Crippen molar-refractivity contribution in [2.75, 3.05) is 28.4 Å². The molecule has 0 aliphatic heterocycles. The molecule has 0 radical (unpaired) electrons. The van der Waals surface area contributed by atoms with Gasteiger partial charge in [-0.2, -0.15) is 0 Å². The summed E-state index contributed by atoms with van der Waals surface area (Å²) in [7, 11) is 5.60. The zero-order chi connectivity index (χ0) is 7.33. The van der Waals surface area contributed by atoms with Crippen molar-refractivity contribution >= 4 is 0 Å². The van der Waals surface area contributed by atoms with Crippen LogP contribution in [0.5, 0.6) is 0 Å². The van der Waals surface area contributed by atoms with E-state index in [0.29, 0.717) is 0 Å². The molecule has 0 fully saturated rings. The molecule has 0 rings (SSSR count). The van der Waals surface area contributed by atoms with Gasteiger partial charge in [-0.15, -0.1) is 0 Å². The van der Waals surface area contributed by atoms with Crippen LogP contribution in [0.15, 0.2) is 0 Å². The molecule has 0 atom stereocenters. The lowest BCUT2D eigenvalue weighted by atomic mass is 11.6. The van der Waals surface area contributed by atoms with Gasteiger partial charge in [0.25, 0.3) is 0 Å². The standard InChI is InChI=1S/C4H12NO4/c1-6-5(7-2,8-3)9-4/h1-4H3/q+1. The van der Waals surface area contributed by atoms with Gasteiger partial charge < -0.3 is 0 Å². The zero-order valence-electron chi connectivity index (χ0n) is 6.08. The van der Waals surface area contributed by atoms with E-state index in [-0.39, 0.29) is 0 Å². The van der Waals surface area contributed by atoms with Crippen molar-refractivity contribution in [1.29, 1.82) is 0 Å². The second kappa shape index (κ2) is 3.76. The minimum atomic E-state index is -0.722. The molecule has 0 aliphatic carbocycles. The molecule has 0 saturated carbocycles. The van der Waals surface area contributed by atoms with Crippen molar-refractivity contribution in [3.8, 4) is 0 Å². The van der Waals surface area contributed by atoms with E-state index >= 15 is 0 Å². The van der Waals surface area contributed by atoms with E-state index in [0.717, 1.165) is 0 Å². The number of hydrogen-bond donors (Lipinski definition) is 0. The maximum atomic E-state index is 4.66. The van der Waals surface area contributed by atoms with Crippen LogP contribution in [0.2, 0.25) is 0 Å². The van der Waals surface area contributed by atoms with Gasteiger partial charge in [0.2, 0.25) is 5.14 Å². The minimum Gasteiger partial charge on any atom is -0.0998 e. The predicted molar refractivity (Wildman–Crippen MR) is 28.3 cm³/mol. The first-order chi connectivity index (χ1) is 4.24. The van der Waals surface area contributed by atoms with Crippen LogP contribution in [0, 0.1) is 0 Å². The van der Waals surface area contributed by atoms with Crippen LogP contribution in [0.4, 0.5) is 0 Å². The summed E-state index contributed by atoms with van der Waals surface area (Å²) < 4.78 is 0. The molecule has 0 aliphatic rings. The van der Waals surface area contributed by atoms with Crippen LogP contribution < -0.4 is 0 Å². The lowest BCUT2D eigenvalue weighted by Gasteiger charge is -2.18. The highest BCUT2D eigenvalue weighted by atomic mass is 17.4. The molecule has 0 amide bonds. The summed E-state index contributed by atoms with van der Waals surface area (Å²) >= 11 is 0. The molecule has 5 heteroatoms. The van der Waals surface area contributed by atoms with Crippen molar-refractivity contribution in [2.45, 2.75) is 0 Å². The van der Waals surface area contributed by atoms with E-state index in [9.17, 15) is 0 Å². The van der Waals surface area contributed by atoms with Crippen LogP contribution in [-0.4, -0.2) is 33.6 Å². The van der Waals surface area contributed by atoms with Crippen LogP contribution >= 0.6 is 0 Å². The quantitative estimate of drug-likeness (QED) is 0.406. The molecule has 0 saturated heterocycles. The lowest BCUT2D eigenvalue weighted by Crippen LogP contribution is -2.43. The molecule has 0 aromatic heterocycles. The highest BCUT2D eigenvalue weighted by molar-refractivity contribution is 3.56. The Morgan fingerprint density at radius 3 is 0.889 bits per heavy atom. The van der Waals surface area contributed by atoms with Crippen LogP contribution in [0.3, 0.4) is 0 Å². The summed E-state index contributed by atoms with van der Waals surface area (Å²) in [5.74, 6) is 0. The number of rotatable bonds is 4. The monoisotopic (exact) mass is 138 g/mol. The van der Waals surface area contributed by atoms with E-state index in [1.54, 1.807) is 0 Å². The van der Waals surface area contributed by atoms with Gasteiger partial charge in [-0.3, -0.25) is 0 Å². The number of nitrogens with zero attached hydrogens (tertiary/aromatic N) is 1. The maximum Gasteiger partial charge on any atom is 0.246 e. The van der Waals surface area contributed by atoms with Gasteiger partial charge in [0.05, 0.1) is 0 Å². The molecule has 0 bridgehead atoms. The summed E-state index contributed by atoms with van der Waals surface area (Å²) in [6.07, 6.45) is 0. The summed E-state index contributed by atoms with van der Waals surface area (Å²) in [6, 6.07) is 0.